The molecule has 5 nitrogen and oxygen atoms in total. The van der Waals surface area contributed by atoms with Crippen LogP contribution in [0.25, 0.3) is 10.9 Å². The summed E-state index contributed by atoms with van der Waals surface area (Å²) in [4.78, 5) is 18.8. The lowest BCUT2D eigenvalue weighted by molar-refractivity contribution is -0.153. The van der Waals surface area contributed by atoms with Crippen molar-refractivity contribution >= 4 is 40.2 Å². The summed E-state index contributed by atoms with van der Waals surface area (Å²) in [5, 5.41) is 10.8. The zero-order valence-corrected chi connectivity index (χ0v) is 22.6. The molecule has 1 aliphatic heterocycles. The summed E-state index contributed by atoms with van der Waals surface area (Å²) in [6, 6.07) is 9.00. The smallest absolute Gasteiger partial charge is 0.309 e. The molecule has 1 aliphatic rings. The van der Waals surface area contributed by atoms with Crippen LogP contribution in [-0.2, 0) is 4.79 Å². The average Bonchev–Trinajstić information content (AvgIpc) is 2.91. The number of methoxy groups -OCH3 is 1. The molecule has 1 saturated heterocycles. The molecule has 2 heterocycles. The monoisotopic (exact) mass is 566 g/mol. The molecule has 1 aromatic heterocycles. The summed E-state index contributed by atoms with van der Waals surface area (Å²) in [5.74, 6) is -0.937. The molecule has 2 aromatic carbocycles. The van der Waals surface area contributed by atoms with Crippen LogP contribution >= 0.6 is 23.4 Å². The summed E-state index contributed by atoms with van der Waals surface area (Å²) < 4.78 is 48.5. The fraction of sp³-hybridized carbons (Fsp3) is 0.429. The molecule has 0 spiro atoms. The number of piperidine rings is 1. The van der Waals surface area contributed by atoms with E-state index < -0.39 is 29.2 Å². The molecule has 0 amide bonds. The number of thioether (sulfide) groups is 1. The summed E-state index contributed by atoms with van der Waals surface area (Å²) in [6.45, 7) is 1.83. The minimum Gasteiger partial charge on any atom is -0.497 e. The number of rotatable bonds is 11. The number of carboxylic acid groups (broad SMARTS) is 1. The van der Waals surface area contributed by atoms with E-state index in [1.165, 1.54) is 31.5 Å². The predicted molar refractivity (Wildman–Crippen MR) is 144 cm³/mol. The number of carboxylic acids is 1. The molecule has 204 valence electrons. The first-order valence-electron chi connectivity index (χ1n) is 12.5. The number of carbonyl (C=O) groups is 1. The molecule has 0 unspecified atom stereocenters. The molecule has 3 aromatic rings. The maximum atomic E-state index is 15.6. The van der Waals surface area contributed by atoms with Gasteiger partial charge in [0.2, 0.25) is 0 Å². The fourth-order valence-electron chi connectivity index (χ4n) is 5.02. The third-order valence-electron chi connectivity index (χ3n) is 7.31. The van der Waals surface area contributed by atoms with Crippen LogP contribution in [0.4, 0.5) is 13.2 Å². The Kier molecular flexibility index (Phi) is 9.44. The Labute approximate surface area is 229 Å². The molecular weight excluding hydrogens is 537 g/mol. The van der Waals surface area contributed by atoms with E-state index in [4.69, 9.17) is 16.3 Å². The van der Waals surface area contributed by atoms with Gasteiger partial charge in [0.1, 0.15) is 23.6 Å². The van der Waals surface area contributed by atoms with Gasteiger partial charge in [0.25, 0.3) is 0 Å². The number of halogens is 4. The lowest BCUT2D eigenvalue weighted by Gasteiger charge is -2.39. The van der Waals surface area contributed by atoms with Crippen molar-refractivity contribution in [1.29, 1.82) is 0 Å². The molecule has 4 rings (SSSR count). The number of benzene rings is 2. The van der Waals surface area contributed by atoms with Gasteiger partial charge >= 0.3 is 5.97 Å². The minimum atomic E-state index is -1.45. The van der Waals surface area contributed by atoms with E-state index in [1.807, 2.05) is 0 Å². The molecule has 1 atom stereocenters. The Morgan fingerprint density at radius 1 is 1.24 bits per heavy atom. The lowest BCUT2D eigenvalue weighted by atomic mass is 9.74. The van der Waals surface area contributed by atoms with Crippen molar-refractivity contribution in [2.45, 2.75) is 43.2 Å². The average molecular weight is 567 g/mol. The molecule has 0 bridgehead atoms. The molecule has 1 N–H and O–H groups in total. The zero-order valence-electron chi connectivity index (χ0n) is 21.1. The summed E-state index contributed by atoms with van der Waals surface area (Å²) in [5.41, 5.74) is -0.124. The number of fused-ring (bicyclic) bond motifs is 1. The summed E-state index contributed by atoms with van der Waals surface area (Å²) in [6.07, 6.45) is 1.69. The second kappa shape index (κ2) is 12.6. The Balaban J connectivity index is 1.33. The van der Waals surface area contributed by atoms with Crippen LogP contribution in [0.1, 0.15) is 43.8 Å². The number of hydrogen-bond acceptors (Lipinski definition) is 5. The number of hydrogen-bond donors (Lipinski definition) is 1. The van der Waals surface area contributed by atoms with Gasteiger partial charge in [-0.15, -0.1) is 11.8 Å². The first-order valence-corrected chi connectivity index (χ1v) is 13.9. The summed E-state index contributed by atoms with van der Waals surface area (Å²) in [7, 11) is 1.52. The number of ether oxygens (including phenoxy) is 1. The van der Waals surface area contributed by atoms with E-state index in [0.717, 1.165) is 11.8 Å². The molecule has 0 aliphatic carbocycles. The van der Waals surface area contributed by atoms with E-state index in [-0.39, 0.29) is 22.8 Å². The van der Waals surface area contributed by atoms with E-state index in [1.54, 1.807) is 18.2 Å². The maximum Gasteiger partial charge on any atom is 0.309 e. The van der Waals surface area contributed by atoms with Gasteiger partial charge < -0.3 is 14.7 Å². The van der Waals surface area contributed by atoms with Crippen molar-refractivity contribution in [1.82, 2.24) is 9.88 Å². The van der Waals surface area contributed by atoms with Crippen molar-refractivity contribution in [3.8, 4) is 5.75 Å². The van der Waals surface area contributed by atoms with Crippen molar-refractivity contribution in [2.75, 3.05) is 32.5 Å². The van der Waals surface area contributed by atoms with Gasteiger partial charge in [0.05, 0.1) is 28.0 Å². The first kappa shape index (κ1) is 28.5. The quantitative estimate of drug-likeness (QED) is 0.194. The van der Waals surface area contributed by atoms with Crippen LogP contribution in [0, 0.1) is 17.0 Å². The van der Waals surface area contributed by atoms with Gasteiger partial charge in [-0.05, 0) is 87.8 Å². The van der Waals surface area contributed by atoms with Gasteiger partial charge in [-0.3, -0.25) is 9.78 Å². The second-order valence-corrected chi connectivity index (χ2v) is 11.1. The van der Waals surface area contributed by atoms with Crippen LogP contribution in [-0.4, -0.2) is 53.5 Å². The normalized spacial score (nSPS) is 16.4. The first-order chi connectivity index (χ1) is 18.2. The van der Waals surface area contributed by atoms with Gasteiger partial charge in [-0.1, -0.05) is 17.7 Å². The standard InChI is InChI=1S/C28H30ClF3N2O3S/c1-37-18-6-7-24-19(16-18)25(20(29)17-33-24)21(30)8-9-28(27(35)36)10-13-34(14-11-28)12-3-15-38-26-22(31)4-2-5-23(26)32/h2,4-7,16-17,21H,3,8-15H2,1H3,(H,35,36)/t21-/m0/s1. The predicted octanol–water partition coefficient (Wildman–Crippen LogP) is 7.32. The largest absolute Gasteiger partial charge is 0.497 e. The highest BCUT2D eigenvalue weighted by atomic mass is 35.5. The van der Waals surface area contributed by atoms with Crippen LogP contribution in [0.15, 0.2) is 47.5 Å². The Morgan fingerprint density at radius 3 is 2.61 bits per heavy atom. The number of nitrogens with zero attached hydrogens (tertiary/aromatic N) is 2. The number of aliphatic carboxylic acids is 1. The van der Waals surface area contributed by atoms with Crippen LogP contribution in [0.5, 0.6) is 5.75 Å². The Hall–Kier alpha value is -2.49. The van der Waals surface area contributed by atoms with E-state index in [9.17, 15) is 18.7 Å². The highest BCUT2D eigenvalue weighted by molar-refractivity contribution is 7.99. The number of aromatic nitrogens is 1. The van der Waals surface area contributed by atoms with Gasteiger partial charge in [-0.25, -0.2) is 13.2 Å². The van der Waals surface area contributed by atoms with Gasteiger partial charge in [0.15, 0.2) is 0 Å². The maximum absolute atomic E-state index is 15.6. The Bertz CT molecular complexity index is 1270. The lowest BCUT2D eigenvalue weighted by Crippen LogP contribution is -2.44. The SMILES string of the molecule is COc1ccc2ncc(Cl)c([C@@H](F)CCC3(C(=O)O)CCN(CCCSc4c(F)cccc4F)CC3)c2c1. The third-order valence-corrected chi connectivity index (χ3v) is 8.78. The minimum absolute atomic E-state index is 0.0210. The fourth-order valence-corrected chi connectivity index (χ4v) is 6.18. The molecule has 38 heavy (non-hydrogen) atoms. The molecule has 0 saturated carbocycles. The molecular formula is C28H30ClF3N2O3S. The number of alkyl halides is 1. The Morgan fingerprint density at radius 2 is 1.95 bits per heavy atom. The molecule has 0 radical (unpaired) electrons. The summed E-state index contributed by atoms with van der Waals surface area (Å²) >= 11 is 7.48. The second-order valence-electron chi connectivity index (χ2n) is 9.59. The topological polar surface area (TPSA) is 62.7 Å². The third kappa shape index (κ3) is 6.38. The highest BCUT2D eigenvalue weighted by Crippen LogP contribution is 2.42. The van der Waals surface area contributed by atoms with Crippen molar-refractivity contribution in [2.24, 2.45) is 5.41 Å². The number of likely N-dealkylation sites (tertiary alicyclic amines) is 1. The van der Waals surface area contributed by atoms with Gasteiger partial charge in [-0.2, -0.15) is 0 Å². The number of pyridine rings is 1. The molecule has 10 heteroatoms. The van der Waals surface area contributed by atoms with Crippen molar-refractivity contribution in [3.05, 3.63) is 64.8 Å². The van der Waals surface area contributed by atoms with Crippen LogP contribution in [0.2, 0.25) is 5.02 Å². The van der Waals surface area contributed by atoms with E-state index in [2.05, 4.69) is 9.88 Å². The van der Waals surface area contributed by atoms with Gasteiger partial charge in [0, 0.05) is 17.1 Å². The van der Waals surface area contributed by atoms with E-state index in [0.29, 0.717) is 66.9 Å². The van der Waals surface area contributed by atoms with E-state index >= 15 is 4.39 Å². The van der Waals surface area contributed by atoms with Crippen molar-refractivity contribution < 1.29 is 27.8 Å². The zero-order chi connectivity index (χ0) is 27.3. The van der Waals surface area contributed by atoms with Crippen LogP contribution < -0.4 is 4.74 Å². The van der Waals surface area contributed by atoms with Crippen LogP contribution in [0.3, 0.4) is 0 Å². The van der Waals surface area contributed by atoms with Crippen molar-refractivity contribution in [3.63, 3.8) is 0 Å². The molecule has 1 fully saturated rings. The highest BCUT2D eigenvalue weighted by Gasteiger charge is 2.41.